The van der Waals surface area contributed by atoms with Crippen LogP contribution in [0.3, 0.4) is 0 Å². The molecule has 0 saturated carbocycles. The highest BCUT2D eigenvalue weighted by Crippen LogP contribution is 2.40. The topological polar surface area (TPSA) is 49.3 Å². The van der Waals surface area contributed by atoms with Gasteiger partial charge in [0.15, 0.2) is 0 Å². The number of carbonyl (C=O) groups is 1. The number of aryl methyl sites for hydroxylation is 3. The Balaban J connectivity index is 1.42. The van der Waals surface area contributed by atoms with Crippen molar-refractivity contribution in [3.63, 3.8) is 0 Å². The SMILES string of the molecule is CCc1ccc(C(=O)N2CCN(c3nc([C@@H](C)CC)nc4sc5c(c34)CCCCC5)CC2)cc1. The summed E-state index contributed by atoms with van der Waals surface area (Å²) in [6, 6.07) is 8.08. The van der Waals surface area contributed by atoms with Crippen molar-refractivity contribution < 1.29 is 4.79 Å². The molecule has 0 spiro atoms. The summed E-state index contributed by atoms with van der Waals surface area (Å²) in [5.41, 5.74) is 3.55. The van der Waals surface area contributed by atoms with E-state index in [1.165, 1.54) is 51.9 Å². The van der Waals surface area contributed by atoms with Crippen molar-refractivity contribution in [3.8, 4) is 0 Å². The van der Waals surface area contributed by atoms with E-state index in [0.717, 1.165) is 62.6 Å². The van der Waals surface area contributed by atoms with Crippen molar-refractivity contribution in [2.45, 2.75) is 71.6 Å². The van der Waals surface area contributed by atoms with E-state index < -0.39 is 0 Å². The molecule has 1 aliphatic carbocycles. The van der Waals surface area contributed by atoms with Gasteiger partial charge in [-0.25, -0.2) is 9.97 Å². The lowest BCUT2D eigenvalue weighted by Crippen LogP contribution is -2.49. The molecule has 180 valence electrons. The van der Waals surface area contributed by atoms with E-state index in [2.05, 4.69) is 37.8 Å². The molecule has 0 bridgehead atoms. The molecule has 6 heteroatoms. The Morgan fingerprint density at radius 1 is 1.00 bits per heavy atom. The monoisotopic (exact) mass is 476 g/mol. The Kier molecular flexibility index (Phi) is 6.87. The van der Waals surface area contributed by atoms with Crippen molar-refractivity contribution >= 4 is 33.3 Å². The molecule has 1 fully saturated rings. The van der Waals surface area contributed by atoms with E-state index in [9.17, 15) is 4.79 Å². The van der Waals surface area contributed by atoms with Gasteiger partial charge < -0.3 is 9.80 Å². The molecule has 3 aromatic rings. The third-order valence-electron chi connectivity index (χ3n) is 7.59. The number of hydrogen-bond acceptors (Lipinski definition) is 5. The smallest absolute Gasteiger partial charge is 0.253 e. The number of amides is 1. The van der Waals surface area contributed by atoms with E-state index in [1.54, 1.807) is 0 Å². The molecule has 0 N–H and O–H groups in total. The number of hydrogen-bond donors (Lipinski definition) is 0. The summed E-state index contributed by atoms with van der Waals surface area (Å²) in [6.07, 6.45) is 8.18. The second-order valence-electron chi connectivity index (χ2n) is 9.79. The standard InChI is InChI=1S/C28H36N4OS/c1-4-19(3)25-29-26(24-22-9-7-6-8-10-23(22)34-27(24)30-25)31-15-17-32(18-16-31)28(33)21-13-11-20(5-2)12-14-21/h11-14,19H,4-10,15-18H2,1-3H3/t19-/m0/s1. The number of thiophene rings is 1. The van der Waals surface area contributed by atoms with Crippen LogP contribution < -0.4 is 4.90 Å². The van der Waals surface area contributed by atoms with Crippen LogP contribution in [0.15, 0.2) is 24.3 Å². The predicted molar refractivity (Wildman–Crippen MR) is 141 cm³/mol. The minimum Gasteiger partial charge on any atom is -0.352 e. The molecule has 2 aromatic heterocycles. The molecule has 2 aliphatic rings. The number of fused-ring (bicyclic) bond motifs is 3. The van der Waals surface area contributed by atoms with Gasteiger partial charge in [-0.05, 0) is 61.8 Å². The number of benzene rings is 1. The van der Waals surface area contributed by atoms with Gasteiger partial charge in [-0.15, -0.1) is 11.3 Å². The van der Waals surface area contributed by atoms with Crippen LogP contribution in [0.4, 0.5) is 5.82 Å². The van der Waals surface area contributed by atoms with Gasteiger partial charge in [0, 0.05) is 42.5 Å². The van der Waals surface area contributed by atoms with Crippen LogP contribution in [0, 0.1) is 0 Å². The highest BCUT2D eigenvalue weighted by molar-refractivity contribution is 7.19. The fourth-order valence-corrected chi connectivity index (χ4v) is 6.41. The van der Waals surface area contributed by atoms with Crippen molar-refractivity contribution in [3.05, 3.63) is 51.7 Å². The van der Waals surface area contributed by atoms with Crippen LogP contribution in [0.1, 0.15) is 84.6 Å². The molecule has 1 amide bonds. The van der Waals surface area contributed by atoms with E-state index in [0.29, 0.717) is 5.92 Å². The maximum atomic E-state index is 13.1. The largest absolute Gasteiger partial charge is 0.352 e. The highest BCUT2D eigenvalue weighted by atomic mass is 32.1. The van der Waals surface area contributed by atoms with Gasteiger partial charge in [0.25, 0.3) is 5.91 Å². The van der Waals surface area contributed by atoms with Crippen LogP contribution in [-0.2, 0) is 19.3 Å². The molecule has 5 nitrogen and oxygen atoms in total. The molecule has 1 atom stereocenters. The van der Waals surface area contributed by atoms with E-state index >= 15 is 0 Å². The quantitative estimate of drug-likeness (QED) is 0.424. The number of rotatable bonds is 5. The summed E-state index contributed by atoms with van der Waals surface area (Å²) < 4.78 is 0. The summed E-state index contributed by atoms with van der Waals surface area (Å²) in [5, 5.41) is 1.30. The lowest BCUT2D eigenvalue weighted by molar-refractivity contribution is 0.0746. The van der Waals surface area contributed by atoms with Crippen molar-refractivity contribution in [1.29, 1.82) is 0 Å². The fraction of sp³-hybridized carbons (Fsp3) is 0.536. The van der Waals surface area contributed by atoms with Crippen LogP contribution in [0.25, 0.3) is 10.2 Å². The molecule has 1 saturated heterocycles. The maximum absolute atomic E-state index is 13.1. The Morgan fingerprint density at radius 3 is 2.44 bits per heavy atom. The molecule has 3 heterocycles. The summed E-state index contributed by atoms with van der Waals surface area (Å²) >= 11 is 1.90. The number of aromatic nitrogens is 2. The lowest BCUT2D eigenvalue weighted by Gasteiger charge is -2.36. The van der Waals surface area contributed by atoms with Gasteiger partial charge in [-0.1, -0.05) is 39.3 Å². The Labute approximate surface area is 207 Å². The van der Waals surface area contributed by atoms with Gasteiger partial charge in [0.2, 0.25) is 0 Å². The van der Waals surface area contributed by atoms with Crippen LogP contribution in [0.2, 0.25) is 0 Å². The number of carbonyl (C=O) groups excluding carboxylic acids is 1. The molecular formula is C28H36N4OS. The van der Waals surface area contributed by atoms with Gasteiger partial charge in [-0.2, -0.15) is 0 Å². The maximum Gasteiger partial charge on any atom is 0.253 e. The normalized spacial score (nSPS) is 17.5. The molecule has 0 radical (unpaired) electrons. The average molecular weight is 477 g/mol. The first-order valence-electron chi connectivity index (χ1n) is 13.0. The predicted octanol–water partition coefficient (Wildman–Crippen LogP) is 6.00. The average Bonchev–Trinajstić information content (AvgIpc) is 3.08. The van der Waals surface area contributed by atoms with Crippen molar-refractivity contribution in [2.75, 3.05) is 31.1 Å². The third kappa shape index (κ3) is 4.45. The molecule has 34 heavy (non-hydrogen) atoms. The van der Waals surface area contributed by atoms with Gasteiger partial charge in [0.1, 0.15) is 16.5 Å². The zero-order valence-electron chi connectivity index (χ0n) is 20.8. The first-order chi connectivity index (χ1) is 16.6. The van der Waals surface area contributed by atoms with Gasteiger partial charge in [-0.3, -0.25) is 4.79 Å². The fourth-order valence-electron chi connectivity index (χ4n) is 5.15. The summed E-state index contributed by atoms with van der Waals surface area (Å²) in [4.78, 5) is 30.4. The zero-order valence-corrected chi connectivity index (χ0v) is 21.6. The minimum absolute atomic E-state index is 0.139. The Bertz CT molecular complexity index is 1160. The van der Waals surface area contributed by atoms with Crippen LogP contribution in [0.5, 0.6) is 0 Å². The van der Waals surface area contributed by atoms with Gasteiger partial charge in [0.05, 0.1) is 5.39 Å². The van der Waals surface area contributed by atoms with E-state index in [4.69, 9.17) is 9.97 Å². The third-order valence-corrected chi connectivity index (χ3v) is 8.78. The van der Waals surface area contributed by atoms with Crippen LogP contribution in [-0.4, -0.2) is 47.0 Å². The first-order valence-corrected chi connectivity index (χ1v) is 13.9. The van der Waals surface area contributed by atoms with E-state index in [-0.39, 0.29) is 5.91 Å². The molecule has 1 aliphatic heterocycles. The summed E-state index contributed by atoms with van der Waals surface area (Å²) in [5.74, 6) is 2.56. The number of nitrogens with zero attached hydrogens (tertiary/aromatic N) is 4. The second kappa shape index (κ2) is 10.0. The zero-order chi connectivity index (χ0) is 23.7. The van der Waals surface area contributed by atoms with Crippen molar-refractivity contribution in [1.82, 2.24) is 14.9 Å². The van der Waals surface area contributed by atoms with E-state index in [1.807, 2.05) is 28.4 Å². The molecule has 5 rings (SSSR count). The molecule has 0 unspecified atom stereocenters. The molecule has 1 aromatic carbocycles. The van der Waals surface area contributed by atoms with Crippen molar-refractivity contribution in [2.24, 2.45) is 0 Å². The Morgan fingerprint density at radius 2 is 1.74 bits per heavy atom. The lowest BCUT2D eigenvalue weighted by atomic mass is 10.1. The molecular weight excluding hydrogens is 440 g/mol. The highest BCUT2D eigenvalue weighted by Gasteiger charge is 2.28. The van der Waals surface area contributed by atoms with Crippen LogP contribution >= 0.6 is 11.3 Å². The number of piperazine rings is 1. The Hall–Kier alpha value is -2.47. The summed E-state index contributed by atoms with van der Waals surface area (Å²) in [7, 11) is 0. The second-order valence-corrected chi connectivity index (χ2v) is 10.9. The summed E-state index contributed by atoms with van der Waals surface area (Å²) in [6.45, 7) is 9.66. The number of anilines is 1. The first kappa shape index (κ1) is 23.3. The minimum atomic E-state index is 0.139. The van der Waals surface area contributed by atoms with Gasteiger partial charge >= 0.3 is 0 Å².